The lowest BCUT2D eigenvalue weighted by Crippen LogP contribution is -2.35. The molecule has 0 radical (unpaired) electrons. The molecule has 2 rings (SSSR count). The number of hydrogen-bond acceptors (Lipinski definition) is 3. The fraction of sp³-hybridized carbons (Fsp3) is 0.471. The van der Waals surface area contributed by atoms with Gasteiger partial charge in [-0.1, -0.05) is 41.9 Å². The van der Waals surface area contributed by atoms with E-state index in [0.717, 1.165) is 16.0 Å². The fourth-order valence-corrected chi connectivity index (χ4v) is 3.58. The molecular weight excluding hydrogens is 344 g/mol. The van der Waals surface area contributed by atoms with E-state index < -0.39 is 0 Å². The highest BCUT2D eigenvalue weighted by Gasteiger charge is 2.17. The van der Waals surface area contributed by atoms with Crippen LogP contribution in [0.4, 0.5) is 0 Å². The van der Waals surface area contributed by atoms with E-state index in [-0.39, 0.29) is 5.54 Å². The minimum atomic E-state index is 0.119. The van der Waals surface area contributed by atoms with Gasteiger partial charge in [0, 0.05) is 27.0 Å². The molecule has 1 aromatic carbocycles. The summed E-state index contributed by atoms with van der Waals surface area (Å²) >= 11 is 5.33. The van der Waals surface area contributed by atoms with E-state index >= 15 is 0 Å². The Morgan fingerprint density at radius 3 is 2.57 bits per heavy atom. The van der Waals surface area contributed by atoms with E-state index in [9.17, 15) is 0 Å². The largest absolute Gasteiger partial charge is 0.307 e. The molecule has 4 heteroatoms. The molecule has 0 saturated heterocycles. The number of hydrogen-bond donors (Lipinski definition) is 1. The third-order valence-corrected chi connectivity index (χ3v) is 4.74. The second-order valence-corrected chi connectivity index (χ2v) is 8.60. The smallest absolute Gasteiger partial charge is 0.123 e. The zero-order valence-corrected chi connectivity index (χ0v) is 15.7. The number of benzene rings is 1. The summed E-state index contributed by atoms with van der Waals surface area (Å²) in [7, 11) is 0. The second-order valence-electron chi connectivity index (χ2n) is 6.60. The van der Waals surface area contributed by atoms with Crippen LogP contribution >= 0.6 is 27.3 Å². The first-order chi connectivity index (χ1) is 9.76. The highest BCUT2D eigenvalue weighted by Crippen LogP contribution is 2.33. The standard InChI is InChI=1S/C17H23BrN2S/c1-11(2)15-14(10-19-17(3,4)5)21-16(20-15)12-7-6-8-13(18)9-12/h6-9,11,19H,10H2,1-5H3. The number of aromatic nitrogens is 1. The van der Waals surface area contributed by atoms with E-state index in [1.165, 1.54) is 16.1 Å². The van der Waals surface area contributed by atoms with Crippen molar-refractivity contribution in [1.29, 1.82) is 0 Å². The molecule has 0 fully saturated rings. The van der Waals surface area contributed by atoms with Crippen molar-refractivity contribution in [3.63, 3.8) is 0 Å². The van der Waals surface area contributed by atoms with Gasteiger partial charge in [0.05, 0.1) is 5.69 Å². The molecule has 0 aliphatic carbocycles. The van der Waals surface area contributed by atoms with E-state index in [2.05, 4.69) is 74.1 Å². The molecule has 21 heavy (non-hydrogen) atoms. The van der Waals surface area contributed by atoms with Gasteiger partial charge in [-0.15, -0.1) is 11.3 Å². The van der Waals surface area contributed by atoms with E-state index in [1.807, 2.05) is 6.07 Å². The lowest BCUT2D eigenvalue weighted by atomic mass is 10.1. The Morgan fingerprint density at radius 1 is 1.29 bits per heavy atom. The highest BCUT2D eigenvalue weighted by molar-refractivity contribution is 9.10. The summed E-state index contributed by atoms with van der Waals surface area (Å²) in [6.07, 6.45) is 0. The highest BCUT2D eigenvalue weighted by atomic mass is 79.9. The van der Waals surface area contributed by atoms with E-state index in [4.69, 9.17) is 4.98 Å². The molecule has 0 amide bonds. The van der Waals surface area contributed by atoms with Gasteiger partial charge < -0.3 is 5.32 Å². The number of nitrogens with zero attached hydrogens (tertiary/aromatic N) is 1. The van der Waals surface area contributed by atoms with Crippen LogP contribution in [0, 0.1) is 0 Å². The molecule has 1 N–H and O–H groups in total. The predicted molar refractivity (Wildman–Crippen MR) is 95.9 cm³/mol. The Bertz CT molecular complexity index is 611. The first-order valence-corrected chi connectivity index (χ1v) is 8.88. The molecule has 0 saturated carbocycles. The normalized spacial score (nSPS) is 12.1. The molecular formula is C17H23BrN2S. The van der Waals surface area contributed by atoms with Crippen LogP contribution in [0.5, 0.6) is 0 Å². The first kappa shape index (κ1) is 16.7. The Labute approximate surface area is 140 Å². The molecule has 0 atom stereocenters. The molecule has 1 aromatic heterocycles. The van der Waals surface area contributed by atoms with Gasteiger partial charge >= 0.3 is 0 Å². The average Bonchev–Trinajstić information content (AvgIpc) is 2.80. The van der Waals surface area contributed by atoms with Gasteiger partial charge in [0.1, 0.15) is 5.01 Å². The number of halogens is 1. The molecule has 0 spiro atoms. The van der Waals surface area contributed by atoms with Gasteiger partial charge in [0.15, 0.2) is 0 Å². The third-order valence-electron chi connectivity index (χ3n) is 3.13. The fourth-order valence-electron chi connectivity index (χ4n) is 2.03. The molecule has 1 heterocycles. The Balaban J connectivity index is 2.33. The van der Waals surface area contributed by atoms with Crippen molar-refractivity contribution in [1.82, 2.24) is 10.3 Å². The van der Waals surface area contributed by atoms with Crippen molar-refractivity contribution < 1.29 is 0 Å². The summed E-state index contributed by atoms with van der Waals surface area (Å²) < 4.78 is 1.09. The summed E-state index contributed by atoms with van der Waals surface area (Å²) in [5, 5.41) is 4.67. The van der Waals surface area contributed by atoms with Crippen LogP contribution in [0.1, 0.15) is 51.1 Å². The molecule has 0 unspecified atom stereocenters. The maximum atomic E-state index is 4.88. The van der Waals surface area contributed by atoms with Crippen LogP contribution in [-0.4, -0.2) is 10.5 Å². The second kappa shape index (κ2) is 6.59. The molecule has 114 valence electrons. The lowest BCUT2D eigenvalue weighted by molar-refractivity contribution is 0.425. The van der Waals surface area contributed by atoms with Gasteiger partial charge in [0.2, 0.25) is 0 Å². The van der Waals surface area contributed by atoms with Crippen LogP contribution < -0.4 is 5.32 Å². The van der Waals surface area contributed by atoms with Crippen molar-refractivity contribution in [2.75, 3.05) is 0 Å². The van der Waals surface area contributed by atoms with Crippen molar-refractivity contribution in [2.24, 2.45) is 0 Å². The summed E-state index contributed by atoms with van der Waals surface area (Å²) in [6, 6.07) is 8.35. The lowest BCUT2D eigenvalue weighted by Gasteiger charge is -2.20. The topological polar surface area (TPSA) is 24.9 Å². The molecule has 2 aromatic rings. The maximum absolute atomic E-state index is 4.88. The number of nitrogens with one attached hydrogen (secondary N) is 1. The number of thiazole rings is 1. The van der Waals surface area contributed by atoms with Crippen LogP contribution in [0.3, 0.4) is 0 Å². The van der Waals surface area contributed by atoms with Crippen molar-refractivity contribution in [2.45, 2.75) is 52.6 Å². The van der Waals surface area contributed by atoms with Crippen molar-refractivity contribution in [3.8, 4) is 10.6 Å². The van der Waals surface area contributed by atoms with Crippen molar-refractivity contribution in [3.05, 3.63) is 39.3 Å². The SMILES string of the molecule is CC(C)c1nc(-c2cccc(Br)c2)sc1CNC(C)(C)C. The van der Waals surface area contributed by atoms with Gasteiger partial charge in [-0.05, 0) is 38.8 Å². The quantitative estimate of drug-likeness (QED) is 0.763. The minimum absolute atomic E-state index is 0.119. The first-order valence-electron chi connectivity index (χ1n) is 7.27. The zero-order valence-electron chi connectivity index (χ0n) is 13.3. The van der Waals surface area contributed by atoms with Gasteiger partial charge in [-0.25, -0.2) is 4.98 Å². The minimum Gasteiger partial charge on any atom is -0.307 e. The zero-order chi connectivity index (χ0) is 15.6. The summed E-state index contributed by atoms with van der Waals surface area (Å²) in [4.78, 5) is 6.22. The van der Waals surface area contributed by atoms with Crippen LogP contribution in [-0.2, 0) is 6.54 Å². The molecule has 0 aliphatic rings. The third kappa shape index (κ3) is 4.63. The summed E-state index contributed by atoms with van der Waals surface area (Å²) in [5.41, 5.74) is 2.51. The number of rotatable bonds is 4. The Hall–Kier alpha value is -0.710. The summed E-state index contributed by atoms with van der Waals surface area (Å²) in [6.45, 7) is 11.9. The Morgan fingerprint density at radius 2 is 2.00 bits per heavy atom. The monoisotopic (exact) mass is 366 g/mol. The van der Waals surface area contributed by atoms with Crippen LogP contribution in [0.25, 0.3) is 10.6 Å². The molecule has 2 nitrogen and oxygen atoms in total. The van der Waals surface area contributed by atoms with E-state index in [1.54, 1.807) is 11.3 Å². The average molecular weight is 367 g/mol. The summed E-state index contributed by atoms with van der Waals surface area (Å²) in [5.74, 6) is 0.443. The van der Waals surface area contributed by atoms with E-state index in [0.29, 0.717) is 5.92 Å². The van der Waals surface area contributed by atoms with Gasteiger partial charge in [-0.2, -0.15) is 0 Å². The van der Waals surface area contributed by atoms with Crippen LogP contribution in [0.2, 0.25) is 0 Å². The van der Waals surface area contributed by atoms with Gasteiger partial charge in [0.25, 0.3) is 0 Å². The molecule has 0 aliphatic heterocycles. The molecule has 0 bridgehead atoms. The Kier molecular flexibility index (Phi) is 5.23. The predicted octanol–water partition coefficient (Wildman–Crippen LogP) is 5.58. The van der Waals surface area contributed by atoms with Crippen molar-refractivity contribution >= 4 is 27.3 Å². The maximum Gasteiger partial charge on any atom is 0.123 e. The van der Waals surface area contributed by atoms with Gasteiger partial charge in [-0.3, -0.25) is 0 Å². The van der Waals surface area contributed by atoms with Crippen LogP contribution in [0.15, 0.2) is 28.7 Å².